The Labute approximate surface area is 160 Å². The van der Waals surface area contributed by atoms with Crippen molar-refractivity contribution in [3.63, 3.8) is 0 Å². The van der Waals surface area contributed by atoms with Crippen molar-refractivity contribution >= 4 is 65.2 Å². The van der Waals surface area contributed by atoms with Gasteiger partial charge in [-0.25, -0.2) is 0 Å². The molecule has 0 bridgehead atoms. The molecule has 2 nitrogen and oxygen atoms in total. The average molecular weight is 356 g/mol. The number of aromatic amines is 2. The van der Waals surface area contributed by atoms with Crippen molar-refractivity contribution in [2.75, 3.05) is 0 Å². The Hall–Kier alpha value is -3.78. The van der Waals surface area contributed by atoms with Gasteiger partial charge in [-0.3, -0.25) is 0 Å². The van der Waals surface area contributed by atoms with E-state index in [1.54, 1.807) is 0 Å². The first-order valence-corrected chi connectivity index (χ1v) is 9.64. The smallest absolute Gasteiger partial charge is 0.0572 e. The highest BCUT2D eigenvalue weighted by Gasteiger charge is 2.17. The number of benzene rings is 5. The van der Waals surface area contributed by atoms with E-state index in [4.69, 9.17) is 0 Å². The first-order valence-electron chi connectivity index (χ1n) is 9.64. The van der Waals surface area contributed by atoms with Crippen LogP contribution in [0.2, 0.25) is 0 Å². The Morgan fingerprint density at radius 2 is 1.07 bits per heavy atom. The summed E-state index contributed by atoms with van der Waals surface area (Å²) < 4.78 is 0. The van der Waals surface area contributed by atoms with E-state index in [0.717, 1.165) is 0 Å². The predicted molar refractivity (Wildman–Crippen MR) is 120 cm³/mol. The number of para-hydroxylation sites is 1. The number of rotatable bonds is 0. The highest BCUT2D eigenvalue weighted by molar-refractivity contribution is 6.35. The Morgan fingerprint density at radius 1 is 0.429 bits per heavy atom. The largest absolute Gasteiger partial charge is 0.354 e. The topological polar surface area (TPSA) is 31.6 Å². The molecule has 0 aliphatic rings. The lowest BCUT2D eigenvalue weighted by Gasteiger charge is -2.04. The molecular formula is C26H16N2. The van der Waals surface area contributed by atoms with E-state index in [0.29, 0.717) is 0 Å². The molecule has 2 N–H and O–H groups in total. The second kappa shape index (κ2) is 4.93. The van der Waals surface area contributed by atoms with Crippen LogP contribution in [0.15, 0.2) is 84.9 Å². The number of hydrogen-bond donors (Lipinski definition) is 2. The lowest BCUT2D eigenvalue weighted by Crippen LogP contribution is -1.79. The van der Waals surface area contributed by atoms with E-state index in [2.05, 4.69) is 94.9 Å². The quantitative estimate of drug-likeness (QED) is 0.286. The van der Waals surface area contributed by atoms with Gasteiger partial charge in [0.2, 0.25) is 0 Å². The van der Waals surface area contributed by atoms with Crippen LogP contribution in [0, 0.1) is 0 Å². The molecule has 0 amide bonds. The molecule has 0 aliphatic heterocycles. The van der Waals surface area contributed by atoms with Crippen molar-refractivity contribution in [3.05, 3.63) is 84.9 Å². The number of fused-ring (bicyclic) bond motifs is 11. The Kier molecular flexibility index (Phi) is 2.52. The summed E-state index contributed by atoms with van der Waals surface area (Å²) in [5.41, 5.74) is 4.80. The summed E-state index contributed by atoms with van der Waals surface area (Å²) in [5.74, 6) is 0. The summed E-state index contributed by atoms with van der Waals surface area (Å²) in [6, 6.07) is 30.5. The fourth-order valence-electron chi connectivity index (χ4n) is 4.87. The van der Waals surface area contributed by atoms with Crippen LogP contribution < -0.4 is 0 Å². The van der Waals surface area contributed by atoms with E-state index >= 15 is 0 Å². The number of hydrogen-bond acceptors (Lipinski definition) is 0. The van der Waals surface area contributed by atoms with Crippen molar-refractivity contribution in [2.45, 2.75) is 0 Å². The minimum absolute atomic E-state index is 1.18. The summed E-state index contributed by atoms with van der Waals surface area (Å²) in [6.45, 7) is 0. The van der Waals surface area contributed by atoms with Crippen LogP contribution in [-0.4, -0.2) is 9.97 Å². The second-order valence-electron chi connectivity index (χ2n) is 7.59. The van der Waals surface area contributed by atoms with Crippen LogP contribution in [0.1, 0.15) is 0 Å². The van der Waals surface area contributed by atoms with Gasteiger partial charge in [-0.2, -0.15) is 0 Å². The van der Waals surface area contributed by atoms with Gasteiger partial charge in [0.05, 0.1) is 11.0 Å². The lowest BCUT2D eigenvalue weighted by molar-refractivity contribution is 1.56. The van der Waals surface area contributed by atoms with Gasteiger partial charge in [0, 0.05) is 38.0 Å². The minimum atomic E-state index is 1.18. The molecule has 0 radical (unpaired) electrons. The van der Waals surface area contributed by atoms with Crippen LogP contribution in [0.5, 0.6) is 0 Å². The van der Waals surface area contributed by atoms with Crippen molar-refractivity contribution in [3.8, 4) is 0 Å². The molecule has 0 saturated carbocycles. The van der Waals surface area contributed by atoms with E-state index < -0.39 is 0 Å². The summed E-state index contributed by atoms with van der Waals surface area (Å²) in [5, 5.41) is 10.3. The molecule has 7 aromatic rings. The third kappa shape index (κ3) is 1.68. The van der Waals surface area contributed by atoms with Gasteiger partial charge in [0.15, 0.2) is 0 Å². The molecule has 0 saturated heterocycles. The number of nitrogens with one attached hydrogen (secondary N) is 2. The fourth-order valence-corrected chi connectivity index (χ4v) is 4.87. The van der Waals surface area contributed by atoms with Crippen LogP contribution in [0.3, 0.4) is 0 Å². The molecular weight excluding hydrogens is 340 g/mol. The van der Waals surface area contributed by atoms with Crippen LogP contribution >= 0.6 is 0 Å². The zero-order valence-corrected chi connectivity index (χ0v) is 15.1. The number of H-pyrrole nitrogens is 2. The Morgan fingerprint density at radius 3 is 1.93 bits per heavy atom. The molecule has 28 heavy (non-hydrogen) atoms. The number of aromatic nitrogens is 2. The zero-order valence-electron chi connectivity index (χ0n) is 15.1. The van der Waals surface area contributed by atoms with Crippen LogP contribution in [0.4, 0.5) is 0 Å². The standard InChI is InChI=1S/C26H16N2/c1-2-8-16-14-22-20(13-15(16)7-1)23-17-9-3-4-10-18(17)25-24(26(23)28-22)19-11-5-6-12-21(19)27-25/h1-14,27-28H. The average Bonchev–Trinajstić information content (AvgIpc) is 3.30. The third-order valence-corrected chi connectivity index (χ3v) is 6.09. The SMILES string of the molecule is c1ccc2cc3c(cc2c1)[nH]c1c3c2ccccc2c2[nH]c3ccccc3c21. The predicted octanol–water partition coefficient (Wildman–Crippen LogP) is 7.26. The molecule has 0 spiro atoms. The van der Waals surface area contributed by atoms with E-state index in [1.165, 1.54) is 65.2 Å². The van der Waals surface area contributed by atoms with E-state index in [1.807, 2.05) is 0 Å². The first-order chi connectivity index (χ1) is 13.9. The maximum atomic E-state index is 3.76. The van der Waals surface area contributed by atoms with Crippen LogP contribution in [-0.2, 0) is 0 Å². The molecule has 0 fully saturated rings. The van der Waals surface area contributed by atoms with Gasteiger partial charge in [-0.1, -0.05) is 66.7 Å². The normalized spacial score (nSPS) is 12.3. The van der Waals surface area contributed by atoms with Crippen molar-refractivity contribution < 1.29 is 0 Å². The molecule has 5 aromatic carbocycles. The van der Waals surface area contributed by atoms with E-state index in [-0.39, 0.29) is 0 Å². The first kappa shape index (κ1) is 14.3. The third-order valence-electron chi connectivity index (χ3n) is 6.09. The van der Waals surface area contributed by atoms with Crippen molar-refractivity contribution in [1.82, 2.24) is 9.97 Å². The highest BCUT2D eigenvalue weighted by atomic mass is 14.7. The van der Waals surface area contributed by atoms with Gasteiger partial charge in [-0.15, -0.1) is 0 Å². The Bertz CT molecular complexity index is 1710. The van der Waals surface area contributed by atoms with Crippen molar-refractivity contribution in [1.29, 1.82) is 0 Å². The summed E-state index contributed by atoms with van der Waals surface area (Å²) >= 11 is 0. The maximum Gasteiger partial charge on any atom is 0.0572 e. The molecule has 7 rings (SSSR count). The molecule has 2 heterocycles. The minimum Gasteiger partial charge on any atom is -0.354 e. The Balaban J connectivity index is 1.86. The molecule has 0 aliphatic carbocycles. The molecule has 2 aromatic heterocycles. The monoisotopic (exact) mass is 356 g/mol. The fraction of sp³-hybridized carbons (Fsp3) is 0. The van der Waals surface area contributed by atoms with E-state index in [9.17, 15) is 0 Å². The maximum absolute atomic E-state index is 3.76. The van der Waals surface area contributed by atoms with Crippen molar-refractivity contribution in [2.24, 2.45) is 0 Å². The lowest BCUT2D eigenvalue weighted by atomic mass is 9.98. The molecule has 0 unspecified atom stereocenters. The van der Waals surface area contributed by atoms with Crippen LogP contribution in [0.25, 0.3) is 65.2 Å². The van der Waals surface area contributed by atoms with Gasteiger partial charge in [-0.05, 0) is 34.4 Å². The van der Waals surface area contributed by atoms with Gasteiger partial charge in [0.1, 0.15) is 0 Å². The summed E-state index contributed by atoms with van der Waals surface area (Å²) in [6.07, 6.45) is 0. The second-order valence-corrected chi connectivity index (χ2v) is 7.59. The van der Waals surface area contributed by atoms with Gasteiger partial charge in [0.25, 0.3) is 0 Å². The molecule has 0 atom stereocenters. The molecule has 2 heteroatoms. The summed E-state index contributed by atoms with van der Waals surface area (Å²) in [7, 11) is 0. The highest BCUT2D eigenvalue weighted by Crippen LogP contribution is 2.42. The summed E-state index contributed by atoms with van der Waals surface area (Å²) in [4.78, 5) is 7.43. The zero-order chi connectivity index (χ0) is 18.2. The van der Waals surface area contributed by atoms with Gasteiger partial charge >= 0.3 is 0 Å². The molecule has 130 valence electrons. The van der Waals surface area contributed by atoms with Gasteiger partial charge < -0.3 is 9.97 Å².